The van der Waals surface area contributed by atoms with Crippen LogP contribution < -0.4 is 5.32 Å². The summed E-state index contributed by atoms with van der Waals surface area (Å²) >= 11 is 6.10. The topological polar surface area (TPSA) is 50.7 Å². The molecule has 2 heterocycles. The van der Waals surface area contributed by atoms with Crippen molar-refractivity contribution >= 4 is 11.6 Å². The molecule has 2 aromatic heterocycles. The molecule has 0 aliphatic rings. The quantitative estimate of drug-likeness (QED) is 0.881. The van der Waals surface area contributed by atoms with Crippen molar-refractivity contribution in [2.24, 2.45) is 0 Å². The van der Waals surface area contributed by atoms with Crippen molar-refractivity contribution in [3.8, 4) is 0 Å². The molecule has 2 aromatic rings. The number of rotatable bonds is 3. The SMILES string of the molecule is CNC(c1cncnc1)c1ncccc1Cl. The Bertz CT molecular complexity index is 461. The molecule has 0 aliphatic heterocycles. The van der Waals surface area contributed by atoms with Crippen molar-refractivity contribution in [3.63, 3.8) is 0 Å². The smallest absolute Gasteiger partial charge is 0.115 e. The predicted molar refractivity (Wildman–Crippen MR) is 62.2 cm³/mol. The highest BCUT2D eigenvalue weighted by atomic mass is 35.5. The van der Waals surface area contributed by atoms with E-state index in [1.807, 2.05) is 13.1 Å². The number of pyridine rings is 1. The Morgan fingerprint density at radius 1 is 1.31 bits per heavy atom. The molecule has 0 aliphatic carbocycles. The van der Waals surface area contributed by atoms with Crippen LogP contribution in [0, 0.1) is 0 Å². The Hall–Kier alpha value is -1.52. The second kappa shape index (κ2) is 5.01. The van der Waals surface area contributed by atoms with Crippen LogP contribution in [0.15, 0.2) is 37.1 Å². The van der Waals surface area contributed by atoms with Gasteiger partial charge in [-0.3, -0.25) is 4.98 Å². The predicted octanol–water partition coefficient (Wildman–Crippen LogP) is 1.83. The first-order valence-electron chi connectivity index (χ1n) is 4.85. The van der Waals surface area contributed by atoms with Gasteiger partial charge in [-0.15, -0.1) is 0 Å². The maximum atomic E-state index is 6.10. The summed E-state index contributed by atoms with van der Waals surface area (Å²) in [4.78, 5) is 12.2. The molecular formula is C11H11ClN4. The fourth-order valence-electron chi connectivity index (χ4n) is 1.53. The fraction of sp³-hybridized carbons (Fsp3) is 0.182. The molecule has 0 spiro atoms. The summed E-state index contributed by atoms with van der Waals surface area (Å²) in [5, 5.41) is 3.78. The van der Waals surface area contributed by atoms with E-state index in [0.29, 0.717) is 5.02 Å². The first kappa shape index (κ1) is 11.0. The van der Waals surface area contributed by atoms with E-state index in [4.69, 9.17) is 11.6 Å². The third kappa shape index (κ3) is 2.18. The van der Waals surface area contributed by atoms with Gasteiger partial charge in [-0.2, -0.15) is 0 Å². The van der Waals surface area contributed by atoms with E-state index in [-0.39, 0.29) is 6.04 Å². The van der Waals surface area contributed by atoms with Crippen LogP contribution in [0.3, 0.4) is 0 Å². The van der Waals surface area contributed by atoms with Gasteiger partial charge in [-0.25, -0.2) is 9.97 Å². The summed E-state index contributed by atoms with van der Waals surface area (Å²) < 4.78 is 0. The highest BCUT2D eigenvalue weighted by Gasteiger charge is 2.16. The molecular weight excluding hydrogens is 224 g/mol. The summed E-state index contributed by atoms with van der Waals surface area (Å²) in [6.45, 7) is 0. The third-order valence-corrected chi connectivity index (χ3v) is 2.58. The number of halogens is 1. The van der Waals surface area contributed by atoms with Crippen molar-refractivity contribution in [3.05, 3.63) is 53.3 Å². The minimum atomic E-state index is -0.0881. The van der Waals surface area contributed by atoms with Crippen LogP contribution in [0.2, 0.25) is 5.02 Å². The molecule has 5 heteroatoms. The molecule has 82 valence electrons. The summed E-state index contributed by atoms with van der Waals surface area (Å²) in [6.07, 6.45) is 6.71. The Morgan fingerprint density at radius 2 is 2.06 bits per heavy atom. The van der Waals surface area contributed by atoms with Gasteiger partial charge in [0.25, 0.3) is 0 Å². The standard InChI is InChI=1S/C11H11ClN4/c1-13-10(8-5-14-7-15-6-8)11-9(12)3-2-4-16-11/h2-7,10,13H,1H3. The van der Waals surface area contributed by atoms with Gasteiger partial charge >= 0.3 is 0 Å². The normalized spacial score (nSPS) is 12.4. The van der Waals surface area contributed by atoms with Crippen LogP contribution >= 0.6 is 11.6 Å². The minimum Gasteiger partial charge on any atom is -0.308 e. The van der Waals surface area contributed by atoms with E-state index in [1.54, 1.807) is 24.7 Å². The van der Waals surface area contributed by atoms with Gasteiger partial charge in [0.1, 0.15) is 6.33 Å². The molecule has 0 bridgehead atoms. The van der Waals surface area contributed by atoms with Crippen molar-refractivity contribution in [1.29, 1.82) is 0 Å². The molecule has 2 rings (SSSR count). The van der Waals surface area contributed by atoms with Gasteiger partial charge in [0.15, 0.2) is 0 Å². The Balaban J connectivity index is 2.41. The van der Waals surface area contributed by atoms with Crippen LogP contribution in [0.1, 0.15) is 17.3 Å². The zero-order chi connectivity index (χ0) is 11.4. The average Bonchev–Trinajstić information content (AvgIpc) is 2.34. The molecule has 0 saturated heterocycles. The Kier molecular flexibility index (Phi) is 3.44. The molecule has 0 amide bonds. The number of hydrogen-bond acceptors (Lipinski definition) is 4. The van der Waals surface area contributed by atoms with Gasteiger partial charge < -0.3 is 5.32 Å². The maximum Gasteiger partial charge on any atom is 0.115 e. The summed E-state index contributed by atoms with van der Waals surface area (Å²) in [6, 6.07) is 3.54. The van der Waals surface area contributed by atoms with Crippen LogP contribution in [-0.2, 0) is 0 Å². The lowest BCUT2D eigenvalue weighted by molar-refractivity contribution is 0.665. The van der Waals surface area contributed by atoms with E-state index < -0.39 is 0 Å². The van der Waals surface area contributed by atoms with E-state index in [2.05, 4.69) is 20.3 Å². The molecule has 0 saturated carbocycles. The highest BCUT2D eigenvalue weighted by Crippen LogP contribution is 2.24. The van der Waals surface area contributed by atoms with E-state index >= 15 is 0 Å². The molecule has 0 fully saturated rings. The minimum absolute atomic E-state index is 0.0881. The number of nitrogens with one attached hydrogen (secondary N) is 1. The van der Waals surface area contributed by atoms with Crippen molar-refractivity contribution < 1.29 is 0 Å². The second-order valence-electron chi connectivity index (χ2n) is 3.26. The van der Waals surface area contributed by atoms with Gasteiger partial charge in [-0.1, -0.05) is 11.6 Å². The first-order valence-corrected chi connectivity index (χ1v) is 5.23. The Labute approximate surface area is 98.7 Å². The van der Waals surface area contributed by atoms with Crippen LogP contribution in [-0.4, -0.2) is 22.0 Å². The first-order chi connectivity index (χ1) is 7.83. The largest absolute Gasteiger partial charge is 0.308 e. The van der Waals surface area contributed by atoms with Gasteiger partial charge in [0.2, 0.25) is 0 Å². The molecule has 0 radical (unpaired) electrons. The molecule has 16 heavy (non-hydrogen) atoms. The fourth-order valence-corrected chi connectivity index (χ4v) is 1.76. The molecule has 1 unspecified atom stereocenters. The molecule has 4 nitrogen and oxygen atoms in total. The van der Waals surface area contributed by atoms with Crippen molar-refractivity contribution in [2.75, 3.05) is 7.05 Å². The van der Waals surface area contributed by atoms with E-state index in [1.165, 1.54) is 6.33 Å². The third-order valence-electron chi connectivity index (χ3n) is 2.26. The summed E-state index contributed by atoms with van der Waals surface area (Å²) in [5.74, 6) is 0. The zero-order valence-corrected chi connectivity index (χ0v) is 9.52. The number of aromatic nitrogens is 3. The van der Waals surface area contributed by atoms with Gasteiger partial charge in [-0.05, 0) is 19.2 Å². The number of nitrogens with zero attached hydrogens (tertiary/aromatic N) is 3. The van der Waals surface area contributed by atoms with Gasteiger partial charge in [0, 0.05) is 24.2 Å². The van der Waals surface area contributed by atoms with Crippen LogP contribution in [0.4, 0.5) is 0 Å². The van der Waals surface area contributed by atoms with Crippen molar-refractivity contribution in [2.45, 2.75) is 6.04 Å². The average molecular weight is 235 g/mol. The maximum absolute atomic E-state index is 6.10. The molecule has 1 N–H and O–H groups in total. The Morgan fingerprint density at radius 3 is 2.69 bits per heavy atom. The highest BCUT2D eigenvalue weighted by molar-refractivity contribution is 6.31. The van der Waals surface area contributed by atoms with Crippen LogP contribution in [0.5, 0.6) is 0 Å². The summed E-state index contributed by atoms with van der Waals surface area (Å²) in [7, 11) is 1.85. The van der Waals surface area contributed by atoms with Gasteiger partial charge in [0.05, 0.1) is 16.8 Å². The monoisotopic (exact) mass is 234 g/mol. The zero-order valence-electron chi connectivity index (χ0n) is 8.76. The van der Waals surface area contributed by atoms with E-state index in [9.17, 15) is 0 Å². The molecule has 0 aromatic carbocycles. The molecule has 1 atom stereocenters. The van der Waals surface area contributed by atoms with E-state index in [0.717, 1.165) is 11.3 Å². The summed E-state index contributed by atoms with van der Waals surface area (Å²) in [5.41, 5.74) is 1.71. The number of hydrogen-bond donors (Lipinski definition) is 1. The van der Waals surface area contributed by atoms with Crippen LogP contribution in [0.25, 0.3) is 0 Å². The van der Waals surface area contributed by atoms with Crippen molar-refractivity contribution in [1.82, 2.24) is 20.3 Å². The second-order valence-corrected chi connectivity index (χ2v) is 3.67. The lowest BCUT2D eigenvalue weighted by atomic mass is 10.1. The lowest BCUT2D eigenvalue weighted by Crippen LogP contribution is -2.19. The lowest BCUT2D eigenvalue weighted by Gasteiger charge is -2.16.